The summed E-state index contributed by atoms with van der Waals surface area (Å²) in [5.74, 6) is 0.970. The fraction of sp³-hybridized carbons (Fsp3) is 0.667. The zero-order chi connectivity index (χ0) is 17.1. The second-order valence-electron chi connectivity index (χ2n) is 5.75. The Morgan fingerprint density at radius 3 is 2.71 bits per heavy atom. The van der Waals surface area contributed by atoms with E-state index < -0.39 is 0 Å². The standard InChI is InChI=1S/C18H32N4S.HI/c1-6-8-9-10-11-14-22(5)18(19-4)20-13-12-17-21-16(7-2)15(3)23-17;/h6H,1,7-14H2,2-5H3,(H,19,20);1H. The van der Waals surface area contributed by atoms with Crippen molar-refractivity contribution in [1.82, 2.24) is 15.2 Å². The Balaban J connectivity index is 0.00000529. The highest BCUT2D eigenvalue weighted by Crippen LogP contribution is 2.17. The van der Waals surface area contributed by atoms with Crippen molar-refractivity contribution in [2.45, 2.75) is 52.4 Å². The lowest BCUT2D eigenvalue weighted by Crippen LogP contribution is -2.40. The van der Waals surface area contributed by atoms with Crippen molar-refractivity contribution in [3.8, 4) is 0 Å². The van der Waals surface area contributed by atoms with Crippen LogP contribution in [0.3, 0.4) is 0 Å². The quantitative estimate of drug-likeness (QED) is 0.183. The van der Waals surface area contributed by atoms with E-state index in [1.165, 1.54) is 34.8 Å². The van der Waals surface area contributed by atoms with Gasteiger partial charge in [0.05, 0.1) is 10.7 Å². The number of unbranched alkanes of at least 4 members (excludes halogenated alkanes) is 3. The number of halogens is 1. The third-order valence-electron chi connectivity index (χ3n) is 3.87. The Labute approximate surface area is 168 Å². The minimum atomic E-state index is 0. The monoisotopic (exact) mass is 464 g/mol. The molecule has 1 aromatic heterocycles. The predicted molar refractivity (Wildman–Crippen MR) is 118 cm³/mol. The zero-order valence-electron chi connectivity index (χ0n) is 15.6. The summed E-state index contributed by atoms with van der Waals surface area (Å²) in [6, 6.07) is 0. The molecule has 1 rings (SSSR count). The largest absolute Gasteiger partial charge is 0.356 e. The number of aliphatic imine (C=N–C) groups is 1. The topological polar surface area (TPSA) is 40.5 Å². The van der Waals surface area contributed by atoms with Gasteiger partial charge >= 0.3 is 0 Å². The van der Waals surface area contributed by atoms with Gasteiger partial charge in [0, 0.05) is 38.5 Å². The van der Waals surface area contributed by atoms with Gasteiger partial charge in [-0.05, 0) is 32.6 Å². The fourth-order valence-corrected chi connectivity index (χ4v) is 3.53. The maximum Gasteiger partial charge on any atom is 0.193 e. The van der Waals surface area contributed by atoms with Gasteiger partial charge in [0.1, 0.15) is 0 Å². The Bertz CT molecular complexity index is 499. The predicted octanol–water partition coefficient (Wildman–Crippen LogP) is 4.43. The molecular formula is C18H33IN4S. The van der Waals surface area contributed by atoms with Crippen molar-refractivity contribution >= 4 is 41.3 Å². The third-order valence-corrected chi connectivity index (χ3v) is 4.94. The summed E-state index contributed by atoms with van der Waals surface area (Å²) in [6.07, 6.45) is 8.75. The molecule has 0 unspecified atom stereocenters. The normalized spacial score (nSPS) is 11.1. The Morgan fingerprint density at radius 2 is 2.12 bits per heavy atom. The van der Waals surface area contributed by atoms with Gasteiger partial charge in [-0.3, -0.25) is 4.99 Å². The molecule has 1 aromatic rings. The van der Waals surface area contributed by atoms with Gasteiger partial charge in [0.25, 0.3) is 0 Å². The van der Waals surface area contributed by atoms with Crippen molar-refractivity contribution < 1.29 is 0 Å². The molecule has 1 N–H and O–H groups in total. The fourth-order valence-electron chi connectivity index (χ4n) is 2.51. The number of allylic oxidation sites excluding steroid dienone is 1. The van der Waals surface area contributed by atoms with E-state index in [0.29, 0.717) is 0 Å². The molecule has 0 aliphatic carbocycles. The van der Waals surface area contributed by atoms with Crippen LogP contribution < -0.4 is 5.32 Å². The molecule has 0 amide bonds. The number of aromatic nitrogens is 1. The Morgan fingerprint density at radius 1 is 1.38 bits per heavy atom. The van der Waals surface area contributed by atoms with Crippen LogP contribution in [-0.2, 0) is 12.8 Å². The van der Waals surface area contributed by atoms with Crippen LogP contribution in [0.15, 0.2) is 17.6 Å². The Hall–Kier alpha value is -0.630. The second-order valence-corrected chi connectivity index (χ2v) is 7.04. The van der Waals surface area contributed by atoms with E-state index in [-0.39, 0.29) is 24.0 Å². The van der Waals surface area contributed by atoms with E-state index in [4.69, 9.17) is 4.98 Å². The maximum atomic E-state index is 4.69. The number of nitrogens with one attached hydrogen (secondary N) is 1. The van der Waals surface area contributed by atoms with Crippen molar-refractivity contribution in [3.05, 3.63) is 28.2 Å². The molecule has 1 heterocycles. The SMILES string of the molecule is C=CCCCCCN(C)C(=NC)NCCc1nc(CC)c(C)s1.I. The van der Waals surface area contributed by atoms with E-state index in [0.717, 1.165) is 38.3 Å². The minimum Gasteiger partial charge on any atom is -0.356 e. The van der Waals surface area contributed by atoms with E-state index in [1.807, 2.05) is 24.5 Å². The highest BCUT2D eigenvalue weighted by atomic mass is 127. The summed E-state index contributed by atoms with van der Waals surface area (Å²) >= 11 is 1.82. The average Bonchev–Trinajstić information content (AvgIpc) is 2.91. The summed E-state index contributed by atoms with van der Waals surface area (Å²) < 4.78 is 0. The van der Waals surface area contributed by atoms with E-state index in [2.05, 4.69) is 42.7 Å². The van der Waals surface area contributed by atoms with Gasteiger partial charge < -0.3 is 10.2 Å². The number of hydrogen-bond acceptors (Lipinski definition) is 3. The molecule has 0 saturated heterocycles. The number of nitrogens with zero attached hydrogens (tertiary/aromatic N) is 3. The smallest absolute Gasteiger partial charge is 0.193 e. The molecule has 24 heavy (non-hydrogen) atoms. The molecule has 0 aliphatic rings. The van der Waals surface area contributed by atoms with E-state index in [1.54, 1.807) is 0 Å². The van der Waals surface area contributed by atoms with Crippen molar-refractivity contribution in [2.75, 3.05) is 27.2 Å². The Kier molecular flexibility index (Phi) is 13.3. The zero-order valence-corrected chi connectivity index (χ0v) is 18.7. The third kappa shape index (κ3) is 8.46. The van der Waals surface area contributed by atoms with E-state index >= 15 is 0 Å². The maximum absolute atomic E-state index is 4.69. The first-order valence-electron chi connectivity index (χ1n) is 8.60. The van der Waals surface area contributed by atoms with E-state index in [9.17, 15) is 0 Å². The molecule has 0 radical (unpaired) electrons. The summed E-state index contributed by atoms with van der Waals surface area (Å²) in [6.45, 7) is 10.00. The number of hydrogen-bond donors (Lipinski definition) is 1. The van der Waals surface area contributed by atoms with Crippen LogP contribution in [0, 0.1) is 6.92 Å². The lowest BCUT2D eigenvalue weighted by molar-refractivity contribution is 0.455. The lowest BCUT2D eigenvalue weighted by Gasteiger charge is -2.21. The van der Waals surface area contributed by atoms with Crippen LogP contribution in [-0.4, -0.2) is 43.0 Å². The number of aryl methyl sites for hydroxylation is 2. The van der Waals surface area contributed by atoms with Crippen molar-refractivity contribution in [3.63, 3.8) is 0 Å². The van der Waals surface area contributed by atoms with Gasteiger partial charge in [-0.1, -0.05) is 19.4 Å². The molecule has 0 bridgehead atoms. The number of thiazole rings is 1. The highest BCUT2D eigenvalue weighted by molar-refractivity contribution is 14.0. The van der Waals surface area contributed by atoms with Gasteiger partial charge in [0.2, 0.25) is 0 Å². The molecule has 4 nitrogen and oxygen atoms in total. The van der Waals surface area contributed by atoms with Crippen LogP contribution in [0.2, 0.25) is 0 Å². The van der Waals surface area contributed by atoms with Crippen LogP contribution in [0.25, 0.3) is 0 Å². The van der Waals surface area contributed by atoms with Gasteiger partial charge in [-0.2, -0.15) is 0 Å². The molecule has 0 saturated carbocycles. The highest BCUT2D eigenvalue weighted by Gasteiger charge is 2.08. The molecule has 0 fully saturated rings. The first kappa shape index (κ1) is 23.4. The van der Waals surface area contributed by atoms with Gasteiger partial charge in [0.15, 0.2) is 5.96 Å². The molecule has 0 aromatic carbocycles. The minimum absolute atomic E-state index is 0. The average molecular weight is 464 g/mol. The van der Waals surface area contributed by atoms with Crippen LogP contribution in [0.5, 0.6) is 0 Å². The van der Waals surface area contributed by atoms with Gasteiger partial charge in [-0.15, -0.1) is 41.9 Å². The molecular weight excluding hydrogens is 431 g/mol. The van der Waals surface area contributed by atoms with Crippen molar-refractivity contribution in [2.24, 2.45) is 4.99 Å². The van der Waals surface area contributed by atoms with Crippen LogP contribution in [0.1, 0.15) is 48.2 Å². The first-order chi connectivity index (χ1) is 11.1. The summed E-state index contributed by atoms with van der Waals surface area (Å²) in [7, 11) is 3.95. The van der Waals surface area contributed by atoms with Crippen LogP contribution in [0.4, 0.5) is 0 Å². The molecule has 0 spiro atoms. The van der Waals surface area contributed by atoms with Crippen molar-refractivity contribution in [1.29, 1.82) is 0 Å². The summed E-state index contributed by atoms with van der Waals surface area (Å²) in [4.78, 5) is 12.6. The summed E-state index contributed by atoms with van der Waals surface area (Å²) in [5, 5.41) is 4.66. The molecule has 0 aliphatic heterocycles. The van der Waals surface area contributed by atoms with Crippen LogP contribution >= 0.6 is 35.3 Å². The number of guanidine groups is 1. The molecule has 0 atom stereocenters. The number of rotatable bonds is 10. The molecule has 6 heteroatoms. The first-order valence-corrected chi connectivity index (χ1v) is 9.41. The molecule has 138 valence electrons. The second kappa shape index (κ2) is 13.6. The van der Waals surface area contributed by atoms with Gasteiger partial charge in [-0.25, -0.2) is 4.98 Å². The lowest BCUT2D eigenvalue weighted by atomic mass is 10.2. The summed E-state index contributed by atoms with van der Waals surface area (Å²) in [5.41, 5.74) is 1.24.